The molecule has 0 unspecified atom stereocenters. The van der Waals surface area contributed by atoms with Crippen LogP contribution >= 0.6 is 108 Å². The first-order valence-electron chi connectivity index (χ1n) is 19.2. The number of thiophene rings is 7. The number of carbonyl (C=O) groups excluding carboxylic acids is 3. The van der Waals surface area contributed by atoms with Gasteiger partial charge in [0.15, 0.2) is 6.29 Å². The Bertz CT molecular complexity index is 3380. The van der Waals surface area contributed by atoms with Crippen LogP contribution in [0, 0.1) is 0 Å². The van der Waals surface area contributed by atoms with Gasteiger partial charge in [-0.1, -0.05) is 72.8 Å². The largest absolute Gasteiger partial charge is 0.142 e. The zero-order chi connectivity index (χ0) is 46.5. The standard InChI is InChI=1S/C13H10O2S2.C11H6O2S2.C10H6S2.C9H5BrOS.C4H8O2S.Cu.Na.H2O.O/c1-2-15-13(14)11-7-10-12(17-11)8-5-3-4-6-9(8)16-10;12-11(13)9-5-8-10(15-9)6-3-1-2-4-7(6)14-8;1-2-4-8-7(3-1)10-9(12-8)5-6-11-10;10-9-6-3-1-2-4-7(6)12-8(9)5-11;1-2-6-4(5)3-7;;;;/h3-7H,2H2,1H3;1-5H,(H,12,13);1-6H;1-5H;7H,2-3H2,1H3;;;1H2;/q;;;;;;+1;;/p-1. The van der Waals surface area contributed by atoms with E-state index in [1.165, 1.54) is 77.7 Å². The Balaban J connectivity index is 0.000000184. The monoisotopic (exact) mass is 1160 g/mol. The summed E-state index contributed by atoms with van der Waals surface area (Å²) in [7, 11) is 0. The smallest absolute Gasteiger partial charge is 0.0529 e. The van der Waals surface area contributed by atoms with Crippen molar-refractivity contribution in [1.29, 1.82) is 0 Å². The molecule has 4 aromatic carbocycles. The molecule has 11 aromatic rings. The number of benzene rings is 4. The minimum Gasteiger partial charge on any atom is -0.142 e. The van der Waals surface area contributed by atoms with E-state index in [4.69, 9.17) is 13.7 Å². The van der Waals surface area contributed by atoms with Crippen molar-refractivity contribution in [3.8, 4) is 0 Å². The van der Waals surface area contributed by atoms with Crippen molar-refractivity contribution in [2.75, 3.05) is 19.0 Å². The molecule has 345 valence electrons. The molecule has 0 saturated carbocycles. The number of ether oxygens (including phenoxy) is 2. The number of aldehydes is 1. The minimum absolute atomic E-state index is 0. The molecule has 67 heavy (non-hydrogen) atoms. The van der Waals surface area contributed by atoms with Crippen molar-refractivity contribution in [1.82, 2.24) is 0 Å². The quantitative estimate of drug-likeness (QED) is 0.0717. The van der Waals surface area contributed by atoms with Crippen LogP contribution in [0.25, 0.3) is 68.5 Å². The minimum atomic E-state index is -0.840. The first-order chi connectivity index (χ1) is 31.6. The summed E-state index contributed by atoms with van der Waals surface area (Å²) in [6, 6.07) is 38.8. The van der Waals surface area contributed by atoms with Crippen molar-refractivity contribution in [3.63, 3.8) is 0 Å². The second-order valence-electron chi connectivity index (χ2n) is 12.9. The number of thiol groups is 1. The Morgan fingerprint density at radius 3 is 1.49 bits per heavy atom. The molecule has 7 aromatic heterocycles. The van der Waals surface area contributed by atoms with E-state index in [0.29, 0.717) is 23.0 Å². The van der Waals surface area contributed by atoms with Gasteiger partial charge < -0.3 is 20.1 Å². The van der Waals surface area contributed by atoms with Crippen LogP contribution in [0.5, 0.6) is 0 Å². The Labute approximate surface area is 456 Å². The summed E-state index contributed by atoms with van der Waals surface area (Å²) >= 11 is 21.5. The van der Waals surface area contributed by atoms with Crippen molar-refractivity contribution in [2.24, 2.45) is 0 Å². The van der Waals surface area contributed by atoms with Crippen LogP contribution in [-0.2, 0) is 34.0 Å². The van der Waals surface area contributed by atoms with Gasteiger partial charge in [0.05, 0.1) is 37.9 Å². The number of carboxylic acid groups (broad SMARTS) is 1. The Hall–Kier alpha value is -3.21. The number of rotatable bonds is 6. The molecule has 0 aliphatic rings. The number of carbonyl (C=O) groups is 4. The Kier molecular flexibility index (Phi) is 23.4. The summed E-state index contributed by atoms with van der Waals surface area (Å²) in [6.07, 6.45) is 0.884. The van der Waals surface area contributed by atoms with Crippen LogP contribution in [0.1, 0.15) is 42.9 Å². The molecule has 7 heterocycles. The van der Waals surface area contributed by atoms with Gasteiger partial charge in [-0.15, -0.1) is 79.4 Å². The third kappa shape index (κ3) is 14.0. The maximum absolute atomic E-state index is 11.6. The summed E-state index contributed by atoms with van der Waals surface area (Å²) in [5.41, 5.74) is 0. The van der Waals surface area contributed by atoms with Crippen molar-refractivity contribution < 1.29 is 88.6 Å². The number of fused-ring (bicyclic) bond motifs is 10. The van der Waals surface area contributed by atoms with Crippen LogP contribution in [0.15, 0.2) is 125 Å². The Morgan fingerprint density at radius 2 is 1.04 bits per heavy atom. The molecule has 0 amide bonds. The average molecular weight is 1170 g/mol. The van der Waals surface area contributed by atoms with Gasteiger partial charge in [-0.2, -0.15) is 12.6 Å². The van der Waals surface area contributed by atoms with Gasteiger partial charge >= 0.3 is 67.2 Å². The number of hydrogen-bond acceptors (Lipinski definition) is 16. The fraction of sp³-hybridized carbons (Fsp3) is 0.106. The molecule has 9 nitrogen and oxygen atoms in total. The van der Waals surface area contributed by atoms with E-state index in [1.807, 2.05) is 90.3 Å². The molecule has 2 N–H and O–H groups in total. The fourth-order valence-corrected chi connectivity index (χ4v) is 15.0. The Morgan fingerprint density at radius 1 is 0.612 bits per heavy atom. The van der Waals surface area contributed by atoms with Gasteiger partial charge in [-0.05, 0) is 77.6 Å². The first kappa shape index (κ1) is 56.4. The number of carboxylic acids is 1. The SMILES string of the molecule is CCOC(=O)CS.CCOC(=O)c1cc2sc3ccccc3c2s1.O=C(O)c1cc2sc3ccccc3c2s1.O=Cc1sc2ccccc2c1Br.[Na+].[OH-].[O]=[Cu].c1ccc2c(c1)sc1ccsc12. The van der Waals surface area contributed by atoms with Crippen molar-refractivity contribution >= 4 is 201 Å². The van der Waals surface area contributed by atoms with Gasteiger partial charge in [0, 0.05) is 58.9 Å². The molecule has 0 aliphatic carbocycles. The molecule has 0 fully saturated rings. The van der Waals surface area contributed by atoms with Crippen LogP contribution in [0.4, 0.5) is 0 Å². The predicted octanol–water partition coefficient (Wildman–Crippen LogP) is 12.9. The summed E-state index contributed by atoms with van der Waals surface area (Å²) in [4.78, 5) is 45.0. The van der Waals surface area contributed by atoms with Gasteiger partial charge in [-0.3, -0.25) is 9.59 Å². The van der Waals surface area contributed by atoms with E-state index in [9.17, 15) is 19.2 Å². The maximum Gasteiger partial charge on any atom is 0.0529 e. The summed E-state index contributed by atoms with van der Waals surface area (Å²) in [6.45, 7) is 4.45. The molecule has 0 aliphatic heterocycles. The van der Waals surface area contributed by atoms with Crippen LogP contribution in [-0.4, -0.2) is 53.7 Å². The zero-order valence-corrected chi connectivity index (χ0v) is 46.6. The van der Waals surface area contributed by atoms with Gasteiger partial charge in [0.1, 0.15) is 9.75 Å². The molecule has 0 saturated heterocycles. The van der Waals surface area contributed by atoms with Gasteiger partial charge in [-0.25, -0.2) is 9.59 Å². The number of hydrogen-bond donors (Lipinski definition) is 2. The molecule has 0 spiro atoms. The van der Waals surface area contributed by atoms with Crippen LogP contribution in [0.2, 0.25) is 0 Å². The third-order valence-electron chi connectivity index (χ3n) is 8.87. The molecular weight excluding hydrogens is 1130 g/mol. The molecule has 20 heteroatoms. The van der Waals surface area contributed by atoms with Crippen LogP contribution in [0.3, 0.4) is 0 Å². The predicted molar refractivity (Wildman–Crippen MR) is 283 cm³/mol. The number of esters is 2. The van der Waals surface area contributed by atoms with E-state index in [0.717, 1.165) is 40.5 Å². The second kappa shape index (κ2) is 27.8. The van der Waals surface area contributed by atoms with E-state index in [-0.39, 0.29) is 52.7 Å². The fourth-order valence-electron chi connectivity index (χ4n) is 6.16. The molecule has 11 rings (SSSR count). The second-order valence-corrected chi connectivity index (χ2v) is 21.4. The summed E-state index contributed by atoms with van der Waals surface area (Å²) in [5.74, 6) is -1.14. The molecular formula is C47H36BrCuNaO9S8. The van der Waals surface area contributed by atoms with Gasteiger partial charge in [0.2, 0.25) is 0 Å². The van der Waals surface area contributed by atoms with E-state index >= 15 is 0 Å². The van der Waals surface area contributed by atoms with Crippen molar-refractivity contribution in [3.05, 3.63) is 140 Å². The summed E-state index contributed by atoms with van der Waals surface area (Å²) < 4.78 is 30.6. The average Bonchev–Trinajstić information content (AvgIpc) is 4.20. The van der Waals surface area contributed by atoms with E-state index in [1.54, 1.807) is 35.7 Å². The number of aromatic carboxylic acids is 1. The molecule has 0 atom stereocenters. The van der Waals surface area contributed by atoms with Crippen molar-refractivity contribution in [2.45, 2.75) is 13.8 Å². The first-order valence-corrected chi connectivity index (χ1v) is 26.8. The van der Waals surface area contributed by atoms with E-state index < -0.39 is 5.97 Å². The maximum atomic E-state index is 11.6. The topological polar surface area (TPSA) is 154 Å². The molecule has 0 bridgehead atoms. The number of halogens is 1. The van der Waals surface area contributed by atoms with Crippen LogP contribution < -0.4 is 29.6 Å². The zero-order valence-electron chi connectivity index (χ0n) is 35.5. The molecule has 0 radical (unpaired) electrons. The van der Waals surface area contributed by atoms with E-state index in [2.05, 4.69) is 103 Å². The van der Waals surface area contributed by atoms with Gasteiger partial charge in [0.25, 0.3) is 0 Å². The normalized spacial score (nSPS) is 10.2. The summed E-state index contributed by atoms with van der Waals surface area (Å²) in [5, 5.41) is 16.0. The third-order valence-corrected chi connectivity index (χ3v) is 18.4.